The lowest BCUT2D eigenvalue weighted by Gasteiger charge is -2.34. The van der Waals surface area contributed by atoms with Crippen LogP contribution in [0.25, 0.3) is 11.0 Å². The molecule has 126 valence electrons. The van der Waals surface area contributed by atoms with Crippen molar-refractivity contribution < 1.29 is 8.42 Å². The fourth-order valence-electron chi connectivity index (χ4n) is 3.48. The van der Waals surface area contributed by atoms with Crippen LogP contribution in [0.5, 0.6) is 0 Å². The maximum atomic E-state index is 11.9. The molecular weight excluding hydrogens is 310 g/mol. The fraction of sp³-hybridized carbons (Fsp3) is 0.588. The van der Waals surface area contributed by atoms with Gasteiger partial charge in [0, 0.05) is 29.4 Å². The van der Waals surface area contributed by atoms with Gasteiger partial charge in [-0.25, -0.2) is 13.4 Å². The summed E-state index contributed by atoms with van der Waals surface area (Å²) in [7, 11) is -0.881. The highest BCUT2D eigenvalue weighted by Gasteiger charge is 2.41. The van der Waals surface area contributed by atoms with Gasteiger partial charge in [-0.3, -0.25) is 4.90 Å². The molecule has 2 aromatic rings. The Morgan fingerprint density at radius 1 is 1.43 bits per heavy atom. The van der Waals surface area contributed by atoms with Crippen LogP contribution >= 0.6 is 0 Å². The van der Waals surface area contributed by atoms with Gasteiger partial charge < -0.3 is 4.98 Å². The average Bonchev–Trinajstić information content (AvgIpc) is 2.98. The first-order chi connectivity index (χ1) is 10.7. The topological polar surface area (TPSA) is 66.1 Å². The predicted octanol–water partition coefficient (Wildman–Crippen LogP) is 2.70. The summed E-state index contributed by atoms with van der Waals surface area (Å²) in [5.41, 5.74) is 3.04. The Kier molecular flexibility index (Phi) is 4.01. The molecule has 1 aliphatic rings. The highest BCUT2D eigenvalue weighted by atomic mass is 32.2. The molecule has 1 N–H and O–H groups in total. The second kappa shape index (κ2) is 5.60. The normalized spacial score (nSPS) is 24.1. The van der Waals surface area contributed by atoms with Gasteiger partial charge in [0.1, 0.15) is 5.65 Å². The molecule has 0 aromatic carbocycles. The van der Waals surface area contributed by atoms with Crippen LogP contribution in [-0.4, -0.2) is 47.4 Å². The van der Waals surface area contributed by atoms with Gasteiger partial charge in [0.2, 0.25) is 0 Å². The van der Waals surface area contributed by atoms with Crippen LogP contribution in [0, 0.1) is 0 Å². The maximum Gasteiger partial charge on any atom is 0.152 e. The minimum atomic E-state index is -2.91. The van der Waals surface area contributed by atoms with E-state index in [4.69, 9.17) is 0 Å². The Morgan fingerprint density at radius 2 is 2.17 bits per heavy atom. The summed E-state index contributed by atoms with van der Waals surface area (Å²) >= 11 is 0. The van der Waals surface area contributed by atoms with E-state index in [-0.39, 0.29) is 11.3 Å². The molecule has 3 rings (SSSR count). The van der Waals surface area contributed by atoms with Gasteiger partial charge >= 0.3 is 0 Å². The highest BCUT2D eigenvalue weighted by molar-refractivity contribution is 7.91. The highest BCUT2D eigenvalue weighted by Crippen LogP contribution is 2.33. The number of nitrogens with zero attached hydrogens (tertiary/aromatic N) is 2. The number of hydrogen-bond acceptors (Lipinski definition) is 4. The number of hydrogen-bond donors (Lipinski definition) is 1. The van der Waals surface area contributed by atoms with Crippen molar-refractivity contribution in [3.63, 3.8) is 0 Å². The Labute approximate surface area is 138 Å². The largest absolute Gasteiger partial charge is 0.343 e. The molecule has 0 spiro atoms. The van der Waals surface area contributed by atoms with E-state index in [1.165, 1.54) is 11.3 Å². The van der Waals surface area contributed by atoms with Crippen LogP contribution in [0.2, 0.25) is 0 Å². The van der Waals surface area contributed by atoms with Crippen molar-refractivity contribution in [3.8, 4) is 0 Å². The molecule has 1 atom stereocenters. The molecule has 1 unspecified atom stereocenters. The summed E-state index contributed by atoms with van der Waals surface area (Å²) in [4.78, 5) is 10.0. The lowest BCUT2D eigenvalue weighted by Crippen LogP contribution is -2.44. The lowest BCUT2D eigenvalue weighted by atomic mass is 9.97. The number of sulfone groups is 1. The van der Waals surface area contributed by atoms with Crippen LogP contribution in [-0.2, 0) is 16.4 Å². The monoisotopic (exact) mass is 335 g/mol. The first-order valence-corrected chi connectivity index (χ1v) is 9.91. The van der Waals surface area contributed by atoms with Crippen molar-refractivity contribution in [1.29, 1.82) is 0 Å². The zero-order valence-corrected chi connectivity index (χ0v) is 15.1. The van der Waals surface area contributed by atoms with E-state index >= 15 is 0 Å². The number of aromatic nitrogens is 2. The number of pyridine rings is 1. The molecular formula is C17H25N3O2S. The van der Waals surface area contributed by atoms with Gasteiger partial charge in [-0.2, -0.15) is 0 Å². The van der Waals surface area contributed by atoms with Crippen molar-refractivity contribution >= 4 is 20.9 Å². The molecule has 1 saturated heterocycles. The third-order valence-corrected chi connectivity index (χ3v) is 6.98. The van der Waals surface area contributed by atoms with Gasteiger partial charge in [-0.15, -0.1) is 0 Å². The van der Waals surface area contributed by atoms with Crippen molar-refractivity contribution in [3.05, 3.63) is 29.6 Å². The Hall–Kier alpha value is -1.40. The molecule has 3 heterocycles. The Balaban J connectivity index is 1.96. The molecule has 1 aliphatic heterocycles. The summed E-state index contributed by atoms with van der Waals surface area (Å²) in [6.45, 7) is 7.11. The zero-order valence-electron chi connectivity index (χ0n) is 14.3. The third-order valence-electron chi connectivity index (χ3n) is 5.09. The molecule has 0 amide bonds. The van der Waals surface area contributed by atoms with Gasteiger partial charge in [0.05, 0.1) is 11.5 Å². The molecule has 0 saturated carbocycles. The van der Waals surface area contributed by atoms with Gasteiger partial charge in [0.25, 0.3) is 0 Å². The first kappa shape index (κ1) is 16.5. The first-order valence-electron chi connectivity index (χ1n) is 8.09. The third kappa shape index (κ3) is 3.02. The van der Waals surface area contributed by atoms with E-state index in [0.717, 1.165) is 17.6 Å². The van der Waals surface area contributed by atoms with Crippen molar-refractivity contribution in [1.82, 2.24) is 14.9 Å². The Morgan fingerprint density at radius 3 is 2.78 bits per heavy atom. The summed E-state index contributed by atoms with van der Waals surface area (Å²) in [6, 6.07) is 4.03. The van der Waals surface area contributed by atoms with Gasteiger partial charge in [-0.1, -0.05) is 13.8 Å². The van der Waals surface area contributed by atoms with E-state index in [0.29, 0.717) is 18.1 Å². The van der Waals surface area contributed by atoms with Crippen LogP contribution < -0.4 is 0 Å². The van der Waals surface area contributed by atoms with Crippen LogP contribution in [0.15, 0.2) is 18.3 Å². The van der Waals surface area contributed by atoms with Crippen molar-refractivity contribution in [2.75, 3.05) is 18.6 Å². The van der Waals surface area contributed by atoms with Crippen molar-refractivity contribution in [2.24, 2.45) is 0 Å². The quantitative estimate of drug-likeness (QED) is 0.933. The Bertz CT molecular complexity index is 825. The smallest absolute Gasteiger partial charge is 0.152 e. The van der Waals surface area contributed by atoms with E-state index in [1.807, 2.05) is 13.1 Å². The summed E-state index contributed by atoms with van der Waals surface area (Å²) in [5, 5.41) is 1.13. The number of rotatable bonds is 4. The minimum absolute atomic E-state index is 0.244. The fourth-order valence-corrected chi connectivity index (χ4v) is 5.69. The van der Waals surface area contributed by atoms with Gasteiger partial charge in [-0.05, 0) is 44.0 Å². The second-order valence-corrected chi connectivity index (χ2v) is 9.45. The summed E-state index contributed by atoms with van der Waals surface area (Å²) in [5.74, 6) is 0.904. The standard InChI is InChI=1S/C17H25N3O2S/c1-12(2)15-14(13-6-5-8-18-16(13)19-15)10-20(4)17(3)7-9-23(21,22)11-17/h5-6,8,12H,7,9-11H2,1-4H3,(H,18,19). The average molecular weight is 335 g/mol. The van der Waals surface area contributed by atoms with E-state index in [9.17, 15) is 8.42 Å². The van der Waals surface area contributed by atoms with E-state index in [2.05, 4.69) is 41.7 Å². The summed E-state index contributed by atoms with van der Waals surface area (Å²) < 4.78 is 23.8. The van der Waals surface area contributed by atoms with Crippen molar-refractivity contribution in [2.45, 2.75) is 45.2 Å². The molecule has 2 aromatic heterocycles. The number of aromatic amines is 1. The summed E-state index contributed by atoms with van der Waals surface area (Å²) in [6.07, 6.45) is 2.49. The lowest BCUT2D eigenvalue weighted by molar-refractivity contribution is 0.154. The van der Waals surface area contributed by atoms with E-state index < -0.39 is 9.84 Å². The van der Waals surface area contributed by atoms with Crippen LogP contribution in [0.4, 0.5) is 0 Å². The van der Waals surface area contributed by atoms with Gasteiger partial charge in [0.15, 0.2) is 9.84 Å². The second-order valence-electron chi connectivity index (χ2n) is 7.27. The SMILES string of the molecule is CC(C)c1[nH]c2ncccc2c1CN(C)C1(C)CCS(=O)(=O)C1. The number of H-pyrrole nitrogens is 1. The van der Waals surface area contributed by atoms with Crippen LogP contribution in [0.3, 0.4) is 0 Å². The molecule has 0 aliphatic carbocycles. The maximum absolute atomic E-state index is 11.9. The number of fused-ring (bicyclic) bond motifs is 1. The molecule has 0 bridgehead atoms. The van der Waals surface area contributed by atoms with Crippen LogP contribution in [0.1, 0.15) is 44.4 Å². The number of nitrogens with one attached hydrogen (secondary N) is 1. The molecule has 23 heavy (non-hydrogen) atoms. The zero-order chi connectivity index (χ0) is 16.8. The molecule has 5 nitrogen and oxygen atoms in total. The molecule has 0 radical (unpaired) electrons. The van der Waals surface area contributed by atoms with E-state index in [1.54, 1.807) is 6.20 Å². The molecule has 6 heteroatoms. The minimum Gasteiger partial charge on any atom is -0.343 e. The predicted molar refractivity (Wildman–Crippen MR) is 93.3 cm³/mol. The molecule has 1 fully saturated rings.